The Morgan fingerprint density at radius 3 is 2.53 bits per heavy atom. The van der Waals surface area contributed by atoms with Crippen LogP contribution in [0.1, 0.15) is 56.4 Å². The van der Waals surface area contributed by atoms with Gasteiger partial charge in [0, 0.05) is 24.3 Å². The van der Waals surface area contributed by atoms with Crippen molar-refractivity contribution in [2.45, 2.75) is 39.2 Å². The minimum atomic E-state index is -0.358. The van der Waals surface area contributed by atoms with Crippen LogP contribution in [0.15, 0.2) is 48.5 Å². The normalized spacial score (nSPS) is 14.0. The lowest BCUT2D eigenvalue weighted by atomic mass is 10.1. The van der Waals surface area contributed by atoms with E-state index < -0.39 is 0 Å². The molecule has 0 unspecified atom stereocenters. The fourth-order valence-corrected chi connectivity index (χ4v) is 4.20. The molecule has 1 aliphatic rings. The number of carbonyl (C=O) groups excluding carboxylic acids is 2. The molecule has 7 nitrogen and oxygen atoms in total. The third-order valence-electron chi connectivity index (χ3n) is 5.31. The summed E-state index contributed by atoms with van der Waals surface area (Å²) in [5, 5.41) is 11.7. The first-order valence-electron chi connectivity index (χ1n) is 10.8. The van der Waals surface area contributed by atoms with E-state index in [1.807, 2.05) is 36.1 Å². The van der Waals surface area contributed by atoms with Crippen LogP contribution in [0.2, 0.25) is 0 Å². The zero-order valence-electron chi connectivity index (χ0n) is 18.0. The van der Waals surface area contributed by atoms with Crippen molar-refractivity contribution in [2.75, 3.05) is 18.4 Å². The number of benzene rings is 2. The number of aromatic nitrogens is 2. The molecule has 0 atom stereocenters. The smallest absolute Gasteiger partial charge is 0.286 e. The number of hydrogen-bond donors (Lipinski definition) is 1. The predicted octanol–water partition coefficient (Wildman–Crippen LogP) is 4.69. The van der Waals surface area contributed by atoms with Gasteiger partial charge in [-0.25, -0.2) is 0 Å². The van der Waals surface area contributed by atoms with Crippen molar-refractivity contribution in [3.8, 4) is 5.75 Å². The van der Waals surface area contributed by atoms with Crippen molar-refractivity contribution in [1.82, 2.24) is 15.1 Å². The number of likely N-dealkylation sites (tertiary alicyclic amines) is 1. The molecule has 0 bridgehead atoms. The summed E-state index contributed by atoms with van der Waals surface area (Å²) in [5.41, 5.74) is 2.29. The number of anilines is 1. The Balaban J connectivity index is 1.36. The molecule has 0 saturated carbocycles. The average molecular weight is 451 g/mol. The zero-order chi connectivity index (χ0) is 22.3. The van der Waals surface area contributed by atoms with Crippen molar-refractivity contribution >= 4 is 28.8 Å². The molecule has 3 aromatic rings. The molecule has 2 heterocycles. The van der Waals surface area contributed by atoms with Gasteiger partial charge in [0.1, 0.15) is 12.4 Å². The summed E-state index contributed by atoms with van der Waals surface area (Å²) >= 11 is 1.18. The number of amides is 2. The first kappa shape index (κ1) is 22.0. The van der Waals surface area contributed by atoms with Gasteiger partial charge in [0.15, 0.2) is 5.01 Å². The quantitative estimate of drug-likeness (QED) is 0.589. The molecular weight excluding hydrogens is 424 g/mol. The van der Waals surface area contributed by atoms with E-state index in [0.717, 1.165) is 37.2 Å². The first-order chi connectivity index (χ1) is 15.6. The molecular formula is C24H26N4O3S. The van der Waals surface area contributed by atoms with Crippen molar-refractivity contribution in [3.05, 3.63) is 69.7 Å². The molecule has 2 amide bonds. The largest absolute Gasteiger partial charge is 0.486 e. The van der Waals surface area contributed by atoms with Crippen molar-refractivity contribution < 1.29 is 14.3 Å². The summed E-state index contributed by atoms with van der Waals surface area (Å²) in [6.07, 6.45) is 4.41. The van der Waals surface area contributed by atoms with Crippen molar-refractivity contribution in [3.63, 3.8) is 0 Å². The van der Waals surface area contributed by atoms with Crippen LogP contribution in [0.25, 0.3) is 0 Å². The number of carbonyl (C=O) groups is 2. The number of aryl methyl sites for hydroxylation is 1. The molecule has 1 aliphatic heterocycles. The second kappa shape index (κ2) is 10.4. The highest BCUT2D eigenvalue weighted by Gasteiger charge is 2.18. The lowest BCUT2D eigenvalue weighted by Gasteiger charge is -2.20. The molecule has 0 aliphatic carbocycles. The van der Waals surface area contributed by atoms with Gasteiger partial charge in [0.2, 0.25) is 5.01 Å². The molecule has 1 N–H and O–H groups in total. The third kappa shape index (κ3) is 5.70. The van der Waals surface area contributed by atoms with Crippen LogP contribution >= 0.6 is 11.3 Å². The fourth-order valence-electron chi connectivity index (χ4n) is 3.55. The Morgan fingerprint density at radius 2 is 1.78 bits per heavy atom. The highest BCUT2D eigenvalue weighted by atomic mass is 32.1. The summed E-state index contributed by atoms with van der Waals surface area (Å²) in [5.74, 6) is 0.389. The van der Waals surface area contributed by atoms with Crippen LogP contribution in [0, 0.1) is 6.92 Å². The van der Waals surface area contributed by atoms with Gasteiger partial charge in [-0.3, -0.25) is 9.59 Å². The van der Waals surface area contributed by atoms with E-state index >= 15 is 0 Å². The van der Waals surface area contributed by atoms with Crippen LogP contribution in [-0.2, 0) is 6.61 Å². The second-order valence-electron chi connectivity index (χ2n) is 7.84. The van der Waals surface area contributed by atoms with E-state index in [-0.39, 0.29) is 23.4 Å². The fraction of sp³-hybridized carbons (Fsp3) is 0.333. The van der Waals surface area contributed by atoms with Crippen LogP contribution in [0.5, 0.6) is 5.75 Å². The van der Waals surface area contributed by atoms with Gasteiger partial charge in [-0.2, -0.15) is 0 Å². The Bertz CT molecular complexity index is 1070. The Morgan fingerprint density at radius 1 is 1.03 bits per heavy atom. The van der Waals surface area contributed by atoms with Crippen LogP contribution in [0.4, 0.5) is 5.69 Å². The van der Waals surface area contributed by atoms with Crippen LogP contribution in [-0.4, -0.2) is 40.0 Å². The maximum absolute atomic E-state index is 12.9. The molecule has 0 spiro atoms. The summed E-state index contributed by atoms with van der Waals surface area (Å²) in [6, 6.07) is 14.8. The second-order valence-corrected chi connectivity index (χ2v) is 8.91. The molecule has 1 aromatic heterocycles. The maximum atomic E-state index is 12.9. The Hall–Kier alpha value is -3.26. The summed E-state index contributed by atoms with van der Waals surface area (Å²) in [4.78, 5) is 27.4. The summed E-state index contributed by atoms with van der Waals surface area (Å²) in [6.45, 7) is 3.83. The van der Waals surface area contributed by atoms with Gasteiger partial charge in [0.25, 0.3) is 11.8 Å². The molecule has 1 saturated heterocycles. The lowest BCUT2D eigenvalue weighted by Crippen LogP contribution is -2.31. The predicted molar refractivity (Wildman–Crippen MR) is 124 cm³/mol. The van der Waals surface area contributed by atoms with E-state index in [4.69, 9.17) is 4.74 Å². The SMILES string of the molecule is Cc1ccc(OCc2nnc(C(=O)Nc3cccc(C(=O)N4CCCCCC4)c3)s2)cc1. The van der Waals surface area contributed by atoms with Gasteiger partial charge in [0.05, 0.1) is 0 Å². The highest BCUT2D eigenvalue weighted by Crippen LogP contribution is 2.19. The summed E-state index contributed by atoms with van der Waals surface area (Å²) < 4.78 is 5.70. The van der Waals surface area contributed by atoms with Crippen molar-refractivity contribution in [2.24, 2.45) is 0 Å². The molecule has 1 fully saturated rings. The van der Waals surface area contributed by atoms with E-state index in [2.05, 4.69) is 15.5 Å². The monoisotopic (exact) mass is 450 g/mol. The molecule has 0 radical (unpaired) electrons. The zero-order valence-corrected chi connectivity index (χ0v) is 18.9. The van der Waals surface area contributed by atoms with Gasteiger partial charge in [-0.15, -0.1) is 10.2 Å². The lowest BCUT2D eigenvalue weighted by molar-refractivity contribution is 0.0761. The maximum Gasteiger partial charge on any atom is 0.286 e. The molecule has 4 rings (SSSR count). The van der Waals surface area contributed by atoms with E-state index in [9.17, 15) is 9.59 Å². The minimum Gasteiger partial charge on any atom is -0.486 e. The molecule has 32 heavy (non-hydrogen) atoms. The first-order valence-corrected chi connectivity index (χ1v) is 11.6. The van der Waals surface area contributed by atoms with Gasteiger partial charge in [-0.05, 0) is 50.1 Å². The highest BCUT2D eigenvalue weighted by molar-refractivity contribution is 7.13. The average Bonchev–Trinajstić information content (AvgIpc) is 3.12. The molecule has 2 aromatic carbocycles. The van der Waals surface area contributed by atoms with E-state index in [1.165, 1.54) is 24.2 Å². The molecule has 8 heteroatoms. The Kier molecular flexibility index (Phi) is 7.11. The number of nitrogens with zero attached hydrogens (tertiary/aromatic N) is 3. The van der Waals surface area contributed by atoms with E-state index in [1.54, 1.807) is 24.3 Å². The van der Waals surface area contributed by atoms with Gasteiger partial charge in [-0.1, -0.05) is 47.9 Å². The topological polar surface area (TPSA) is 84.4 Å². The number of nitrogens with one attached hydrogen (secondary N) is 1. The minimum absolute atomic E-state index is 0.00875. The number of hydrogen-bond acceptors (Lipinski definition) is 6. The Labute approximate surface area is 191 Å². The van der Waals surface area contributed by atoms with Gasteiger partial charge < -0.3 is 15.0 Å². The van der Waals surface area contributed by atoms with Crippen LogP contribution < -0.4 is 10.1 Å². The van der Waals surface area contributed by atoms with Crippen molar-refractivity contribution in [1.29, 1.82) is 0 Å². The summed E-state index contributed by atoms with van der Waals surface area (Å²) in [7, 11) is 0. The van der Waals surface area contributed by atoms with Crippen LogP contribution in [0.3, 0.4) is 0 Å². The molecule has 166 valence electrons. The standard InChI is InChI=1S/C24H26N4O3S/c1-17-9-11-20(12-10-17)31-16-21-26-27-23(32-21)22(29)25-19-8-6-7-18(15-19)24(30)28-13-4-2-3-5-14-28/h6-12,15H,2-5,13-14,16H2,1H3,(H,25,29). The third-order valence-corrected chi connectivity index (χ3v) is 6.20. The number of ether oxygens (including phenoxy) is 1. The number of rotatable bonds is 6. The van der Waals surface area contributed by atoms with Gasteiger partial charge >= 0.3 is 0 Å². The van der Waals surface area contributed by atoms with E-state index in [0.29, 0.717) is 16.3 Å².